The predicted molar refractivity (Wildman–Crippen MR) is 62.9 cm³/mol. The second-order valence-electron chi connectivity index (χ2n) is 3.79. The minimum Gasteiger partial charge on any atom is -0.481 e. The van der Waals surface area contributed by atoms with Gasteiger partial charge in [0.2, 0.25) is 11.7 Å². The van der Waals surface area contributed by atoms with E-state index in [0.717, 1.165) is 17.5 Å². The molecular formula is C12H13N3O3. The summed E-state index contributed by atoms with van der Waals surface area (Å²) in [5.74, 6) is -0.0613. The van der Waals surface area contributed by atoms with Crippen molar-refractivity contribution < 1.29 is 14.4 Å². The Balaban J connectivity index is 2.21. The molecule has 0 spiro atoms. The third kappa shape index (κ3) is 2.71. The summed E-state index contributed by atoms with van der Waals surface area (Å²) in [5.41, 5.74) is 1.90. The summed E-state index contributed by atoms with van der Waals surface area (Å²) in [6.45, 7) is 2.02. The first kappa shape index (κ1) is 12.2. The van der Waals surface area contributed by atoms with E-state index in [4.69, 9.17) is 9.63 Å². The van der Waals surface area contributed by atoms with E-state index in [9.17, 15) is 4.79 Å². The van der Waals surface area contributed by atoms with Crippen LogP contribution in [0.15, 0.2) is 23.0 Å². The van der Waals surface area contributed by atoms with Gasteiger partial charge >= 0.3 is 5.97 Å². The van der Waals surface area contributed by atoms with Gasteiger partial charge in [-0.05, 0) is 18.1 Å². The van der Waals surface area contributed by atoms with Crippen LogP contribution >= 0.6 is 0 Å². The summed E-state index contributed by atoms with van der Waals surface area (Å²) < 4.78 is 5.02. The maximum atomic E-state index is 10.5. The molecule has 2 aromatic rings. The lowest BCUT2D eigenvalue weighted by Gasteiger charge is -2.00. The fourth-order valence-corrected chi connectivity index (χ4v) is 1.61. The molecule has 0 bridgehead atoms. The minimum atomic E-state index is -0.882. The van der Waals surface area contributed by atoms with Crippen molar-refractivity contribution in [2.45, 2.75) is 26.2 Å². The van der Waals surface area contributed by atoms with E-state index < -0.39 is 5.97 Å². The van der Waals surface area contributed by atoms with Crippen molar-refractivity contribution in [2.75, 3.05) is 0 Å². The molecule has 0 atom stereocenters. The minimum absolute atomic E-state index is 0.0153. The number of pyridine rings is 1. The molecule has 0 saturated carbocycles. The van der Waals surface area contributed by atoms with Gasteiger partial charge in [0.05, 0.1) is 6.42 Å². The van der Waals surface area contributed by atoms with E-state index in [0.29, 0.717) is 11.7 Å². The van der Waals surface area contributed by atoms with E-state index in [1.54, 1.807) is 12.4 Å². The first-order valence-corrected chi connectivity index (χ1v) is 5.68. The van der Waals surface area contributed by atoms with Crippen molar-refractivity contribution >= 4 is 5.97 Å². The second-order valence-corrected chi connectivity index (χ2v) is 3.79. The molecule has 0 saturated heterocycles. The number of carboxylic acids is 1. The smallest absolute Gasteiger partial charge is 0.303 e. The average molecular weight is 247 g/mol. The highest BCUT2D eigenvalue weighted by Crippen LogP contribution is 2.20. The number of hydrogen-bond donors (Lipinski definition) is 1. The van der Waals surface area contributed by atoms with E-state index in [1.807, 2.05) is 13.0 Å². The van der Waals surface area contributed by atoms with E-state index in [-0.39, 0.29) is 12.8 Å². The predicted octanol–water partition coefficient (Wildman–Crippen LogP) is 1.71. The summed E-state index contributed by atoms with van der Waals surface area (Å²) >= 11 is 0. The number of aryl methyl sites for hydroxylation is 2. The Labute approximate surface area is 104 Å². The molecule has 0 aliphatic heterocycles. The topological polar surface area (TPSA) is 89.1 Å². The van der Waals surface area contributed by atoms with Crippen molar-refractivity contribution in [3.8, 4) is 11.4 Å². The number of rotatable bonds is 5. The highest BCUT2D eigenvalue weighted by Gasteiger charge is 2.12. The average Bonchev–Trinajstić information content (AvgIpc) is 2.85. The van der Waals surface area contributed by atoms with Crippen LogP contribution in [0.1, 0.15) is 24.8 Å². The maximum Gasteiger partial charge on any atom is 0.303 e. The number of hydrogen-bond acceptors (Lipinski definition) is 5. The van der Waals surface area contributed by atoms with Crippen molar-refractivity contribution in [3.05, 3.63) is 29.9 Å². The van der Waals surface area contributed by atoms with Gasteiger partial charge in [-0.3, -0.25) is 9.78 Å². The van der Waals surface area contributed by atoms with Gasteiger partial charge in [-0.15, -0.1) is 0 Å². The van der Waals surface area contributed by atoms with E-state index >= 15 is 0 Å². The van der Waals surface area contributed by atoms with Crippen LogP contribution in [0.3, 0.4) is 0 Å². The number of carbonyl (C=O) groups is 1. The fourth-order valence-electron chi connectivity index (χ4n) is 1.61. The van der Waals surface area contributed by atoms with Crippen molar-refractivity contribution in [3.63, 3.8) is 0 Å². The fraction of sp³-hybridized carbons (Fsp3) is 0.333. The van der Waals surface area contributed by atoms with Gasteiger partial charge in [-0.25, -0.2) is 0 Å². The van der Waals surface area contributed by atoms with Crippen LogP contribution in [0.5, 0.6) is 0 Å². The van der Waals surface area contributed by atoms with Gasteiger partial charge in [0, 0.05) is 24.4 Å². The van der Waals surface area contributed by atoms with Gasteiger partial charge in [-0.1, -0.05) is 12.1 Å². The molecule has 1 N–H and O–H groups in total. The van der Waals surface area contributed by atoms with Crippen LogP contribution in [-0.2, 0) is 17.6 Å². The second kappa shape index (κ2) is 5.39. The normalized spacial score (nSPS) is 10.5. The lowest BCUT2D eigenvalue weighted by Crippen LogP contribution is -1.97. The molecule has 94 valence electrons. The lowest BCUT2D eigenvalue weighted by molar-refractivity contribution is -0.137. The first-order chi connectivity index (χ1) is 8.70. The van der Waals surface area contributed by atoms with Crippen LogP contribution in [0, 0.1) is 0 Å². The standard InChI is InChI=1S/C12H13N3O3/c1-2-8-7-13-6-5-9(8)12-14-10(18-15-12)3-4-11(16)17/h5-7H,2-4H2,1H3,(H,16,17). The molecule has 2 aromatic heterocycles. The third-order valence-corrected chi connectivity index (χ3v) is 2.55. The molecule has 0 aromatic carbocycles. The molecule has 0 unspecified atom stereocenters. The number of aliphatic carboxylic acids is 1. The molecule has 0 fully saturated rings. The Hall–Kier alpha value is -2.24. The van der Waals surface area contributed by atoms with Crippen LogP contribution in [0.4, 0.5) is 0 Å². The number of aromatic nitrogens is 3. The van der Waals surface area contributed by atoms with Crippen molar-refractivity contribution in [1.82, 2.24) is 15.1 Å². The Morgan fingerprint density at radius 1 is 1.50 bits per heavy atom. The Morgan fingerprint density at radius 2 is 2.33 bits per heavy atom. The van der Waals surface area contributed by atoms with Crippen LogP contribution in [0.2, 0.25) is 0 Å². The molecule has 6 nitrogen and oxygen atoms in total. The van der Waals surface area contributed by atoms with Gasteiger partial charge in [0.25, 0.3) is 0 Å². The summed E-state index contributed by atoms with van der Waals surface area (Å²) in [4.78, 5) is 18.7. The van der Waals surface area contributed by atoms with Gasteiger partial charge in [0.15, 0.2) is 0 Å². The summed E-state index contributed by atoms with van der Waals surface area (Å²) in [7, 11) is 0. The largest absolute Gasteiger partial charge is 0.481 e. The van der Waals surface area contributed by atoms with E-state index in [1.165, 1.54) is 0 Å². The maximum absolute atomic E-state index is 10.5. The highest BCUT2D eigenvalue weighted by molar-refractivity contribution is 5.66. The third-order valence-electron chi connectivity index (χ3n) is 2.55. The Bertz CT molecular complexity index is 551. The van der Waals surface area contributed by atoms with Crippen molar-refractivity contribution in [1.29, 1.82) is 0 Å². The van der Waals surface area contributed by atoms with Crippen LogP contribution < -0.4 is 0 Å². The molecule has 18 heavy (non-hydrogen) atoms. The number of nitrogens with zero attached hydrogens (tertiary/aromatic N) is 3. The zero-order chi connectivity index (χ0) is 13.0. The van der Waals surface area contributed by atoms with Gasteiger partial charge < -0.3 is 9.63 Å². The zero-order valence-corrected chi connectivity index (χ0v) is 9.96. The van der Waals surface area contributed by atoms with Crippen LogP contribution in [-0.4, -0.2) is 26.2 Å². The molecule has 0 radical (unpaired) electrons. The zero-order valence-electron chi connectivity index (χ0n) is 9.96. The molecule has 2 rings (SSSR count). The summed E-state index contributed by atoms with van der Waals surface area (Å²) in [6.07, 6.45) is 4.49. The monoisotopic (exact) mass is 247 g/mol. The van der Waals surface area contributed by atoms with Crippen LogP contribution in [0.25, 0.3) is 11.4 Å². The Morgan fingerprint density at radius 3 is 3.06 bits per heavy atom. The number of carboxylic acid groups (broad SMARTS) is 1. The molecule has 0 aliphatic rings. The quantitative estimate of drug-likeness (QED) is 0.865. The molecule has 0 amide bonds. The highest BCUT2D eigenvalue weighted by atomic mass is 16.5. The molecule has 0 aliphatic carbocycles. The Kier molecular flexibility index (Phi) is 3.66. The SMILES string of the molecule is CCc1cnccc1-c1noc(CCC(=O)O)n1. The molecule has 2 heterocycles. The molecule has 6 heteroatoms. The molecular weight excluding hydrogens is 234 g/mol. The summed E-state index contributed by atoms with van der Waals surface area (Å²) in [5, 5.41) is 12.4. The van der Waals surface area contributed by atoms with Gasteiger partial charge in [0.1, 0.15) is 0 Å². The first-order valence-electron chi connectivity index (χ1n) is 5.68. The van der Waals surface area contributed by atoms with Crippen molar-refractivity contribution in [2.24, 2.45) is 0 Å². The van der Waals surface area contributed by atoms with Gasteiger partial charge in [-0.2, -0.15) is 4.98 Å². The van der Waals surface area contributed by atoms with E-state index in [2.05, 4.69) is 15.1 Å². The summed E-state index contributed by atoms with van der Waals surface area (Å²) in [6, 6.07) is 1.82. The lowest BCUT2D eigenvalue weighted by atomic mass is 10.1.